The van der Waals surface area contributed by atoms with E-state index in [2.05, 4.69) is 10.3 Å². The predicted octanol–water partition coefficient (Wildman–Crippen LogP) is 3.51. The lowest BCUT2D eigenvalue weighted by molar-refractivity contribution is 0.0520. The number of aromatic nitrogens is 1. The average molecular weight is 280 g/mol. The van der Waals surface area contributed by atoms with Crippen molar-refractivity contribution in [1.82, 2.24) is 4.98 Å². The fourth-order valence-electron chi connectivity index (χ4n) is 1.51. The van der Waals surface area contributed by atoms with Crippen molar-refractivity contribution in [1.29, 1.82) is 0 Å². The van der Waals surface area contributed by atoms with Crippen molar-refractivity contribution in [2.24, 2.45) is 0 Å². The van der Waals surface area contributed by atoms with Crippen molar-refractivity contribution in [2.75, 3.05) is 11.9 Å². The number of nitrogens with one attached hydrogen (secondary N) is 1. The minimum atomic E-state index is -0.442. The Bertz CT molecular complexity index is 598. The normalized spacial score (nSPS) is 10.3. The number of thiazole rings is 1. The van der Waals surface area contributed by atoms with Gasteiger partial charge in [-0.05, 0) is 37.6 Å². The van der Waals surface area contributed by atoms with Crippen LogP contribution >= 0.6 is 11.3 Å². The zero-order valence-corrected chi connectivity index (χ0v) is 11.4. The summed E-state index contributed by atoms with van der Waals surface area (Å²) in [7, 11) is 0. The summed E-state index contributed by atoms with van der Waals surface area (Å²) < 4.78 is 17.8. The van der Waals surface area contributed by atoms with Gasteiger partial charge in [0.05, 0.1) is 6.61 Å². The maximum absolute atomic E-state index is 13.0. The number of halogens is 1. The first-order chi connectivity index (χ1) is 9.10. The van der Waals surface area contributed by atoms with E-state index in [0.717, 1.165) is 11.3 Å². The van der Waals surface area contributed by atoms with Gasteiger partial charge in [0.2, 0.25) is 0 Å². The predicted molar refractivity (Wildman–Crippen MR) is 72.5 cm³/mol. The second-order valence-corrected chi connectivity index (χ2v) is 4.70. The van der Waals surface area contributed by atoms with Crippen molar-refractivity contribution >= 4 is 28.1 Å². The SMILES string of the molecule is CCOC(=O)c1csc(Nc2ccc(F)cc2C)n1. The number of hydrogen-bond donors (Lipinski definition) is 1. The second kappa shape index (κ2) is 5.79. The van der Waals surface area contributed by atoms with Gasteiger partial charge in [0.1, 0.15) is 5.82 Å². The van der Waals surface area contributed by atoms with Crippen LogP contribution in [0.5, 0.6) is 0 Å². The number of carbonyl (C=O) groups excluding carboxylic acids is 1. The van der Waals surface area contributed by atoms with Crippen molar-refractivity contribution in [2.45, 2.75) is 13.8 Å². The van der Waals surface area contributed by atoms with Crippen molar-refractivity contribution in [3.05, 3.63) is 40.7 Å². The summed E-state index contributed by atoms with van der Waals surface area (Å²) in [5.74, 6) is -0.725. The Balaban J connectivity index is 2.13. The molecule has 0 saturated heterocycles. The Labute approximate surface area is 114 Å². The zero-order valence-electron chi connectivity index (χ0n) is 10.6. The summed E-state index contributed by atoms with van der Waals surface area (Å²) in [6.07, 6.45) is 0. The first-order valence-corrected chi connectivity index (χ1v) is 6.64. The van der Waals surface area contributed by atoms with Gasteiger partial charge < -0.3 is 10.1 Å². The molecule has 2 aromatic rings. The van der Waals surface area contributed by atoms with E-state index >= 15 is 0 Å². The second-order valence-electron chi connectivity index (χ2n) is 3.84. The highest BCUT2D eigenvalue weighted by atomic mass is 32.1. The van der Waals surface area contributed by atoms with Crippen LogP contribution in [0.4, 0.5) is 15.2 Å². The van der Waals surface area contributed by atoms with Crippen LogP contribution in [0.1, 0.15) is 23.0 Å². The van der Waals surface area contributed by atoms with Crippen LogP contribution in [0.2, 0.25) is 0 Å². The Hall–Kier alpha value is -1.95. The summed E-state index contributed by atoms with van der Waals surface area (Å²) in [5.41, 5.74) is 1.80. The van der Waals surface area contributed by atoms with Crippen LogP contribution in [0.15, 0.2) is 23.6 Å². The molecule has 1 aromatic carbocycles. The molecular weight excluding hydrogens is 267 g/mol. The van der Waals surface area contributed by atoms with Crippen LogP contribution in [0, 0.1) is 12.7 Å². The molecule has 0 aliphatic rings. The molecule has 1 aromatic heterocycles. The maximum atomic E-state index is 13.0. The van der Waals surface area contributed by atoms with E-state index in [1.54, 1.807) is 25.3 Å². The molecule has 0 fully saturated rings. The fraction of sp³-hybridized carbons (Fsp3) is 0.231. The van der Waals surface area contributed by atoms with Crippen LogP contribution in [0.3, 0.4) is 0 Å². The molecule has 0 bridgehead atoms. The topological polar surface area (TPSA) is 51.2 Å². The Morgan fingerprint density at radius 2 is 2.32 bits per heavy atom. The third kappa shape index (κ3) is 3.29. The summed E-state index contributed by atoms with van der Waals surface area (Å²) in [5, 5.41) is 5.24. The maximum Gasteiger partial charge on any atom is 0.357 e. The summed E-state index contributed by atoms with van der Waals surface area (Å²) in [6, 6.07) is 4.44. The Morgan fingerprint density at radius 3 is 3.00 bits per heavy atom. The number of hydrogen-bond acceptors (Lipinski definition) is 5. The molecule has 0 amide bonds. The van der Waals surface area contributed by atoms with Crippen molar-refractivity contribution in [3.63, 3.8) is 0 Å². The standard InChI is InChI=1S/C13H13FN2O2S/c1-3-18-12(17)11-7-19-13(16-11)15-10-5-4-9(14)6-8(10)2/h4-7H,3H2,1-2H3,(H,15,16). The lowest BCUT2D eigenvalue weighted by Gasteiger charge is -2.06. The number of esters is 1. The number of nitrogens with zero attached hydrogens (tertiary/aromatic N) is 1. The lowest BCUT2D eigenvalue weighted by Crippen LogP contribution is -2.05. The van der Waals surface area contributed by atoms with Gasteiger partial charge in [0, 0.05) is 11.1 Å². The number of aryl methyl sites for hydroxylation is 1. The van der Waals surface area contributed by atoms with E-state index in [-0.39, 0.29) is 11.5 Å². The van der Waals surface area contributed by atoms with E-state index < -0.39 is 5.97 Å². The summed E-state index contributed by atoms with van der Waals surface area (Å²) >= 11 is 1.29. The van der Waals surface area contributed by atoms with E-state index in [1.807, 2.05) is 0 Å². The lowest BCUT2D eigenvalue weighted by atomic mass is 10.2. The molecule has 0 saturated carbocycles. The number of carbonyl (C=O) groups is 1. The summed E-state index contributed by atoms with van der Waals surface area (Å²) in [6.45, 7) is 3.85. The van der Waals surface area contributed by atoms with Crippen molar-refractivity contribution in [3.8, 4) is 0 Å². The highest BCUT2D eigenvalue weighted by Crippen LogP contribution is 2.24. The smallest absolute Gasteiger partial charge is 0.357 e. The first-order valence-electron chi connectivity index (χ1n) is 5.76. The molecule has 1 heterocycles. The molecule has 0 atom stereocenters. The molecule has 100 valence electrons. The Morgan fingerprint density at radius 1 is 1.53 bits per heavy atom. The van der Waals surface area contributed by atoms with E-state index in [1.165, 1.54) is 23.5 Å². The van der Waals surface area contributed by atoms with Gasteiger partial charge in [-0.3, -0.25) is 0 Å². The molecule has 0 aliphatic heterocycles. The number of anilines is 2. The van der Waals surface area contributed by atoms with Crippen LogP contribution in [-0.2, 0) is 4.74 Å². The van der Waals surface area contributed by atoms with Crippen LogP contribution < -0.4 is 5.32 Å². The number of rotatable bonds is 4. The third-order valence-corrected chi connectivity index (χ3v) is 3.18. The Kier molecular flexibility index (Phi) is 4.11. The molecule has 1 N–H and O–H groups in total. The highest BCUT2D eigenvalue weighted by molar-refractivity contribution is 7.14. The minimum absolute atomic E-state index is 0.272. The average Bonchev–Trinajstić information content (AvgIpc) is 2.82. The minimum Gasteiger partial charge on any atom is -0.461 e. The zero-order chi connectivity index (χ0) is 13.8. The molecule has 0 unspecified atom stereocenters. The van der Waals surface area contributed by atoms with E-state index in [9.17, 15) is 9.18 Å². The number of ether oxygens (including phenoxy) is 1. The van der Waals surface area contributed by atoms with Crippen molar-refractivity contribution < 1.29 is 13.9 Å². The molecule has 0 spiro atoms. The van der Waals surface area contributed by atoms with Gasteiger partial charge in [-0.15, -0.1) is 11.3 Å². The first kappa shape index (κ1) is 13.5. The molecule has 6 heteroatoms. The molecule has 0 aliphatic carbocycles. The fourth-order valence-corrected chi connectivity index (χ4v) is 2.20. The largest absolute Gasteiger partial charge is 0.461 e. The molecule has 19 heavy (non-hydrogen) atoms. The molecule has 4 nitrogen and oxygen atoms in total. The van der Waals surface area contributed by atoms with Crippen LogP contribution in [0.25, 0.3) is 0 Å². The summed E-state index contributed by atoms with van der Waals surface area (Å²) in [4.78, 5) is 15.6. The van der Waals surface area contributed by atoms with Gasteiger partial charge in [-0.25, -0.2) is 14.2 Å². The van der Waals surface area contributed by atoms with E-state index in [0.29, 0.717) is 11.7 Å². The highest BCUT2D eigenvalue weighted by Gasteiger charge is 2.12. The van der Waals surface area contributed by atoms with E-state index in [4.69, 9.17) is 4.74 Å². The quantitative estimate of drug-likeness (QED) is 0.871. The van der Waals surface area contributed by atoms with Gasteiger partial charge in [-0.1, -0.05) is 0 Å². The van der Waals surface area contributed by atoms with Gasteiger partial charge >= 0.3 is 5.97 Å². The molecule has 2 rings (SSSR count). The van der Waals surface area contributed by atoms with Gasteiger partial charge in [-0.2, -0.15) is 0 Å². The molecular formula is C13H13FN2O2S. The molecule has 0 radical (unpaired) electrons. The van der Waals surface area contributed by atoms with Crippen LogP contribution in [-0.4, -0.2) is 17.6 Å². The monoisotopic (exact) mass is 280 g/mol. The van der Waals surface area contributed by atoms with Gasteiger partial charge in [0.25, 0.3) is 0 Å². The van der Waals surface area contributed by atoms with Gasteiger partial charge in [0.15, 0.2) is 10.8 Å². The third-order valence-electron chi connectivity index (χ3n) is 2.42. The number of benzene rings is 1.